The van der Waals surface area contributed by atoms with Gasteiger partial charge in [-0.3, -0.25) is 9.59 Å². The number of rotatable bonds is 39. The minimum absolute atomic E-state index is 0.0485. The molecule has 52 heavy (non-hydrogen) atoms. The van der Waals surface area contributed by atoms with E-state index >= 15 is 0 Å². The molecule has 0 saturated carbocycles. The topological polar surface area (TPSA) is 99.1 Å². The summed E-state index contributed by atoms with van der Waals surface area (Å²) in [7, 11) is 5.53. The molecule has 0 aromatic carbocycles. The number of aliphatic carboxylic acids is 1. The monoisotopic (exact) mass is 739 g/mol. The largest absolute Gasteiger partial charge is 0.477 e. The molecule has 0 heterocycles. The predicted octanol–water partition coefficient (Wildman–Crippen LogP) is 11.5. The lowest BCUT2D eigenvalue weighted by Gasteiger charge is -2.31. The van der Waals surface area contributed by atoms with Crippen molar-refractivity contribution in [2.45, 2.75) is 212 Å². The van der Waals surface area contributed by atoms with E-state index < -0.39 is 18.1 Å². The SMILES string of the molecule is CCCCCC/C=C\CCCCCCCC(=O)OC(COCCC(C(=O)O)[N+](C)(C)C)COC(=O)CCCCCCCCCCCCCCCCC. The maximum Gasteiger partial charge on any atom is 0.362 e. The summed E-state index contributed by atoms with van der Waals surface area (Å²) in [5.41, 5.74) is 0. The number of nitrogens with zero attached hydrogens (tertiary/aromatic N) is 1. The van der Waals surface area contributed by atoms with Crippen molar-refractivity contribution in [1.82, 2.24) is 0 Å². The van der Waals surface area contributed by atoms with Crippen LogP contribution in [0.2, 0.25) is 0 Å². The van der Waals surface area contributed by atoms with Crippen LogP contribution in [0.4, 0.5) is 0 Å². The van der Waals surface area contributed by atoms with Crippen molar-refractivity contribution in [1.29, 1.82) is 0 Å². The van der Waals surface area contributed by atoms with Crippen molar-refractivity contribution in [3.05, 3.63) is 12.2 Å². The molecule has 0 bridgehead atoms. The number of ether oxygens (including phenoxy) is 3. The van der Waals surface area contributed by atoms with Gasteiger partial charge in [-0.05, 0) is 38.5 Å². The quantitative estimate of drug-likeness (QED) is 0.0290. The van der Waals surface area contributed by atoms with Crippen LogP contribution in [0.3, 0.4) is 0 Å². The molecule has 0 radical (unpaired) electrons. The lowest BCUT2D eigenvalue weighted by molar-refractivity contribution is -0.887. The first-order valence-electron chi connectivity index (χ1n) is 21.7. The lowest BCUT2D eigenvalue weighted by Crippen LogP contribution is -2.50. The number of carboxylic acid groups (broad SMARTS) is 1. The summed E-state index contributed by atoms with van der Waals surface area (Å²) >= 11 is 0. The summed E-state index contributed by atoms with van der Waals surface area (Å²) in [5.74, 6) is -1.47. The van der Waals surface area contributed by atoms with Crippen molar-refractivity contribution in [2.75, 3.05) is 41.0 Å². The Balaban J connectivity index is 4.33. The molecule has 0 aromatic rings. The molecular formula is C44H84NO7+. The van der Waals surface area contributed by atoms with Crippen LogP contribution in [0, 0.1) is 0 Å². The van der Waals surface area contributed by atoms with E-state index in [0.29, 0.717) is 19.3 Å². The van der Waals surface area contributed by atoms with E-state index in [2.05, 4.69) is 26.0 Å². The normalized spacial score (nSPS) is 13.0. The fourth-order valence-corrected chi connectivity index (χ4v) is 6.50. The van der Waals surface area contributed by atoms with E-state index in [1.54, 1.807) is 0 Å². The highest BCUT2D eigenvalue weighted by atomic mass is 16.6. The second-order valence-corrected chi connectivity index (χ2v) is 16.0. The Morgan fingerprint density at radius 3 is 1.40 bits per heavy atom. The van der Waals surface area contributed by atoms with Crippen molar-refractivity contribution in [3.63, 3.8) is 0 Å². The molecule has 8 heteroatoms. The van der Waals surface area contributed by atoms with Gasteiger partial charge in [-0.1, -0.05) is 154 Å². The van der Waals surface area contributed by atoms with Crippen molar-refractivity contribution in [2.24, 2.45) is 0 Å². The maximum absolute atomic E-state index is 12.7. The summed E-state index contributed by atoms with van der Waals surface area (Å²) in [6.07, 6.45) is 36.7. The van der Waals surface area contributed by atoms with Gasteiger partial charge in [0.25, 0.3) is 0 Å². The number of carboxylic acids is 1. The van der Waals surface area contributed by atoms with Gasteiger partial charge in [0.1, 0.15) is 6.61 Å². The Hall–Kier alpha value is -1.93. The van der Waals surface area contributed by atoms with Gasteiger partial charge in [0.15, 0.2) is 12.1 Å². The van der Waals surface area contributed by atoms with Crippen LogP contribution < -0.4 is 0 Å². The first-order valence-corrected chi connectivity index (χ1v) is 21.7. The predicted molar refractivity (Wildman–Crippen MR) is 215 cm³/mol. The van der Waals surface area contributed by atoms with Gasteiger partial charge in [0.05, 0.1) is 34.4 Å². The highest BCUT2D eigenvalue weighted by Crippen LogP contribution is 2.15. The Bertz CT molecular complexity index is 869. The van der Waals surface area contributed by atoms with Gasteiger partial charge in [0, 0.05) is 19.3 Å². The summed E-state index contributed by atoms with van der Waals surface area (Å²) in [5, 5.41) is 9.60. The number of hydrogen-bond donors (Lipinski definition) is 1. The van der Waals surface area contributed by atoms with E-state index in [1.165, 1.54) is 116 Å². The molecule has 8 nitrogen and oxygen atoms in total. The Labute approximate surface area is 320 Å². The molecule has 0 aliphatic heterocycles. The van der Waals surface area contributed by atoms with Crippen LogP contribution in [0.15, 0.2) is 12.2 Å². The van der Waals surface area contributed by atoms with Crippen molar-refractivity contribution < 1.29 is 38.2 Å². The number of carbonyl (C=O) groups excluding carboxylic acids is 2. The molecule has 0 saturated heterocycles. The van der Waals surface area contributed by atoms with Gasteiger partial charge >= 0.3 is 17.9 Å². The van der Waals surface area contributed by atoms with Crippen molar-refractivity contribution in [3.8, 4) is 0 Å². The van der Waals surface area contributed by atoms with Crippen LogP contribution in [0.5, 0.6) is 0 Å². The Morgan fingerprint density at radius 2 is 0.962 bits per heavy atom. The number of carbonyl (C=O) groups is 3. The average Bonchev–Trinajstić information content (AvgIpc) is 3.09. The number of hydrogen-bond acceptors (Lipinski definition) is 6. The number of allylic oxidation sites excluding steroid dienone is 2. The zero-order valence-corrected chi connectivity index (χ0v) is 34.8. The molecule has 0 rings (SSSR count). The molecule has 0 fully saturated rings. The molecule has 0 aliphatic rings. The number of esters is 2. The summed E-state index contributed by atoms with van der Waals surface area (Å²) in [6.45, 7) is 4.73. The number of quaternary nitrogens is 1. The molecule has 1 N–H and O–H groups in total. The molecule has 2 unspecified atom stereocenters. The molecule has 0 aliphatic carbocycles. The summed E-state index contributed by atoms with van der Waals surface area (Å²) in [6, 6.07) is -0.611. The number of unbranched alkanes of at least 4 members (excludes halogenated alkanes) is 23. The minimum atomic E-state index is -0.874. The zero-order chi connectivity index (χ0) is 38.5. The fraction of sp³-hybridized carbons (Fsp3) is 0.886. The molecule has 0 amide bonds. The van der Waals surface area contributed by atoms with E-state index in [-0.39, 0.29) is 36.2 Å². The molecule has 306 valence electrons. The third-order valence-electron chi connectivity index (χ3n) is 9.91. The fourth-order valence-electron chi connectivity index (χ4n) is 6.50. The summed E-state index contributed by atoms with van der Waals surface area (Å²) in [4.78, 5) is 36.9. The number of likely N-dealkylation sites (N-methyl/N-ethyl adjacent to an activating group) is 1. The lowest BCUT2D eigenvalue weighted by atomic mass is 10.0. The van der Waals surface area contributed by atoms with Crippen LogP contribution in [-0.2, 0) is 28.6 Å². The van der Waals surface area contributed by atoms with E-state index in [0.717, 1.165) is 51.4 Å². The third-order valence-corrected chi connectivity index (χ3v) is 9.91. The van der Waals surface area contributed by atoms with Crippen LogP contribution in [0.1, 0.15) is 200 Å². The molecule has 0 spiro atoms. The highest BCUT2D eigenvalue weighted by molar-refractivity contribution is 5.72. The second kappa shape index (κ2) is 36.1. The Morgan fingerprint density at radius 1 is 0.558 bits per heavy atom. The van der Waals surface area contributed by atoms with E-state index in [9.17, 15) is 19.5 Å². The van der Waals surface area contributed by atoms with Gasteiger partial charge < -0.3 is 23.8 Å². The van der Waals surface area contributed by atoms with Gasteiger partial charge in [-0.2, -0.15) is 0 Å². The summed E-state index contributed by atoms with van der Waals surface area (Å²) < 4.78 is 17.3. The zero-order valence-electron chi connectivity index (χ0n) is 34.8. The molecule has 2 atom stereocenters. The maximum atomic E-state index is 12.7. The third kappa shape index (κ3) is 33.9. The van der Waals surface area contributed by atoms with Gasteiger partial charge in [0.2, 0.25) is 0 Å². The second-order valence-electron chi connectivity index (χ2n) is 16.0. The first kappa shape index (κ1) is 50.1. The smallest absolute Gasteiger partial charge is 0.362 e. The van der Waals surface area contributed by atoms with Gasteiger partial charge in [-0.25, -0.2) is 4.79 Å². The first-order chi connectivity index (χ1) is 25.1. The molecular weight excluding hydrogens is 654 g/mol. The average molecular weight is 739 g/mol. The van der Waals surface area contributed by atoms with E-state index in [1.807, 2.05) is 21.1 Å². The van der Waals surface area contributed by atoms with Crippen LogP contribution in [0.25, 0.3) is 0 Å². The van der Waals surface area contributed by atoms with Gasteiger partial charge in [-0.15, -0.1) is 0 Å². The Kier molecular flexibility index (Phi) is 34.7. The minimum Gasteiger partial charge on any atom is -0.477 e. The van der Waals surface area contributed by atoms with Crippen LogP contribution in [-0.4, -0.2) is 80.6 Å². The standard InChI is InChI=1S/C44H83NO7/c1-6-8-10-12-14-16-18-20-21-23-24-26-28-30-32-34-42(46)51-39-40(38-50-37-36-41(44(48)49)45(3,4)5)52-43(47)35-33-31-29-27-25-22-19-17-15-13-11-9-7-2/h17,19,40-41H,6-16,18,20-39H2,1-5H3/p+1/b19-17-. The van der Waals surface area contributed by atoms with E-state index in [4.69, 9.17) is 14.2 Å². The highest BCUT2D eigenvalue weighted by Gasteiger charge is 2.31. The van der Waals surface area contributed by atoms with Crippen LogP contribution >= 0.6 is 0 Å². The van der Waals surface area contributed by atoms with Crippen molar-refractivity contribution >= 4 is 17.9 Å². The molecule has 0 aromatic heterocycles.